The quantitative estimate of drug-likeness (QED) is 0.408. The monoisotopic (exact) mass is 451 g/mol. The van der Waals surface area contributed by atoms with Crippen molar-refractivity contribution in [2.45, 2.75) is 37.6 Å². The Kier molecular flexibility index (Phi) is 6.29. The Labute approximate surface area is 179 Å². The van der Waals surface area contributed by atoms with E-state index in [1.807, 2.05) is 0 Å². The number of rotatable bonds is 6. The van der Waals surface area contributed by atoms with Crippen LogP contribution in [0.25, 0.3) is 0 Å². The molecule has 32 heavy (non-hydrogen) atoms. The molecule has 12 heteroatoms. The first-order chi connectivity index (χ1) is 15.0. The zero-order valence-corrected chi connectivity index (χ0v) is 16.7. The average Bonchev–Trinajstić information content (AvgIpc) is 2.72. The third-order valence-electron chi connectivity index (χ3n) is 4.54. The molecule has 2 atom stereocenters. The van der Waals surface area contributed by atoms with Gasteiger partial charge in [-0.2, -0.15) is 13.2 Å². The van der Waals surface area contributed by atoms with Crippen LogP contribution in [-0.2, 0) is 16.7 Å². The van der Waals surface area contributed by atoms with Gasteiger partial charge < -0.3 is 15.2 Å². The topological polar surface area (TPSA) is 113 Å². The van der Waals surface area contributed by atoms with Crippen LogP contribution in [0.2, 0.25) is 0 Å². The Balaban J connectivity index is 1.83. The van der Waals surface area contributed by atoms with Crippen LogP contribution in [0.1, 0.15) is 35.2 Å². The molecule has 1 aliphatic heterocycles. The number of alkyl halides is 3. The molecule has 0 radical (unpaired) electrons. The number of nitrogens with two attached hydrogens (primary N) is 1. The molecule has 2 N–H and O–H groups in total. The fourth-order valence-electron chi connectivity index (χ4n) is 3.06. The van der Waals surface area contributed by atoms with Crippen LogP contribution < -0.4 is 10.5 Å². The normalized spacial score (nSPS) is 20.6. The highest BCUT2D eigenvalue weighted by Crippen LogP contribution is 2.40. The molecule has 168 valence electrons. The van der Waals surface area contributed by atoms with E-state index in [0.29, 0.717) is 0 Å². The SMILES string of the molecule is C#CCOc1cnc(C(=O)Cc2ccc(F)c([C@]3(C)C[C@@H](C(F)(F)F)OC(N)=N3)n2)cn1. The zero-order chi connectivity index (χ0) is 23.5. The van der Waals surface area contributed by atoms with Crippen molar-refractivity contribution in [1.82, 2.24) is 15.0 Å². The molecule has 0 saturated carbocycles. The summed E-state index contributed by atoms with van der Waals surface area (Å²) in [6.45, 7) is 1.24. The van der Waals surface area contributed by atoms with Gasteiger partial charge in [-0.15, -0.1) is 6.42 Å². The maximum atomic E-state index is 14.5. The number of carbonyl (C=O) groups is 1. The van der Waals surface area contributed by atoms with Crippen LogP contribution in [0.5, 0.6) is 5.88 Å². The average molecular weight is 451 g/mol. The summed E-state index contributed by atoms with van der Waals surface area (Å²) in [6, 6.07) is 1.51. The Morgan fingerprint density at radius 3 is 2.75 bits per heavy atom. The minimum Gasteiger partial charge on any atom is -0.463 e. The van der Waals surface area contributed by atoms with Crippen LogP contribution in [0.3, 0.4) is 0 Å². The maximum Gasteiger partial charge on any atom is 0.425 e. The number of halogens is 4. The molecule has 3 heterocycles. The van der Waals surface area contributed by atoms with Crippen molar-refractivity contribution < 1.29 is 31.8 Å². The number of ether oxygens (including phenoxy) is 2. The molecule has 2 aromatic rings. The number of amidine groups is 1. The first-order valence-corrected chi connectivity index (χ1v) is 9.18. The Hall–Kier alpha value is -3.75. The van der Waals surface area contributed by atoms with Gasteiger partial charge in [0.2, 0.25) is 5.88 Å². The highest BCUT2D eigenvalue weighted by atomic mass is 19.4. The molecule has 0 fully saturated rings. The Bertz CT molecular complexity index is 1080. The fraction of sp³-hybridized carbons (Fsp3) is 0.350. The number of hydrogen-bond acceptors (Lipinski definition) is 8. The lowest BCUT2D eigenvalue weighted by molar-refractivity contribution is -0.208. The van der Waals surface area contributed by atoms with Crippen molar-refractivity contribution in [3.05, 3.63) is 47.4 Å². The number of ketones is 1. The lowest BCUT2D eigenvalue weighted by Gasteiger charge is -2.35. The van der Waals surface area contributed by atoms with Crippen molar-refractivity contribution in [3.8, 4) is 18.2 Å². The number of hydrogen-bond donors (Lipinski definition) is 1. The van der Waals surface area contributed by atoms with Crippen LogP contribution in [0.4, 0.5) is 17.6 Å². The van der Waals surface area contributed by atoms with E-state index in [1.165, 1.54) is 25.4 Å². The highest BCUT2D eigenvalue weighted by molar-refractivity contribution is 5.95. The summed E-state index contributed by atoms with van der Waals surface area (Å²) in [5, 5.41) is 0. The minimum absolute atomic E-state index is 0.0117. The van der Waals surface area contributed by atoms with Gasteiger partial charge in [-0.05, 0) is 19.1 Å². The first-order valence-electron chi connectivity index (χ1n) is 9.18. The molecule has 0 unspecified atom stereocenters. The van der Waals surface area contributed by atoms with E-state index < -0.39 is 41.9 Å². The van der Waals surface area contributed by atoms with Crippen molar-refractivity contribution in [3.63, 3.8) is 0 Å². The van der Waals surface area contributed by atoms with Crippen LogP contribution in [-0.4, -0.2) is 45.6 Å². The van der Waals surface area contributed by atoms with Gasteiger partial charge in [0.1, 0.15) is 22.7 Å². The summed E-state index contributed by atoms with van der Waals surface area (Å²) in [7, 11) is 0. The van der Waals surface area contributed by atoms with E-state index in [-0.39, 0.29) is 36.0 Å². The number of terminal acetylenes is 1. The Morgan fingerprint density at radius 2 is 2.12 bits per heavy atom. The minimum atomic E-state index is -4.74. The zero-order valence-electron chi connectivity index (χ0n) is 16.7. The summed E-state index contributed by atoms with van der Waals surface area (Å²) in [5.41, 5.74) is 3.37. The van der Waals surface area contributed by atoms with Crippen molar-refractivity contribution in [2.24, 2.45) is 10.7 Å². The summed E-state index contributed by atoms with van der Waals surface area (Å²) in [4.78, 5) is 28.3. The fourth-order valence-corrected chi connectivity index (χ4v) is 3.06. The number of aromatic nitrogens is 3. The molecule has 0 saturated heterocycles. The molecule has 8 nitrogen and oxygen atoms in total. The number of nitrogens with zero attached hydrogens (tertiary/aromatic N) is 4. The molecule has 2 aromatic heterocycles. The van der Waals surface area contributed by atoms with Gasteiger partial charge in [0.15, 0.2) is 18.5 Å². The second-order valence-corrected chi connectivity index (χ2v) is 7.04. The molecule has 3 rings (SSSR count). The van der Waals surface area contributed by atoms with E-state index in [1.54, 1.807) is 0 Å². The van der Waals surface area contributed by atoms with Gasteiger partial charge >= 0.3 is 6.18 Å². The van der Waals surface area contributed by atoms with Gasteiger partial charge in [-0.3, -0.25) is 9.78 Å². The standard InChI is InChI=1S/C20H17F4N5O3/c1-3-6-31-16-10-26-13(9-27-16)14(30)7-11-4-5-12(21)17(28-11)19(2)8-15(20(22,23)24)32-18(25)29-19/h1,4-5,9-10,15H,6-8H2,2H3,(H2,25,29)/t15-,19-/m0/s1. The molecule has 0 aliphatic carbocycles. The number of aliphatic imine (C=N–C) groups is 1. The third kappa shape index (κ3) is 5.11. The largest absolute Gasteiger partial charge is 0.463 e. The summed E-state index contributed by atoms with van der Waals surface area (Å²) >= 11 is 0. The predicted molar refractivity (Wildman–Crippen MR) is 103 cm³/mol. The predicted octanol–water partition coefficient (Wildman–Crippen LogP) is 2.33. The second-order valence-electron chi connectivity index (χ2n) is 7.04. The molecule has 0 aromatic carbocycles. The van der Waals surface area contributed by atoms with Gasteiger partial charge in [0, 0.05) is 12.1 Å². The van der Waals surface area contributed by atoms with E-state index >= 15 is 0 Å². The van der Waals surface area contributed by atoms with Crippen molar-refractivity contribution in [2.75, 3.05) is 6.61 Å². The van der Waals surface area contributed by atoms with Gasteiger partial charge in [0.25, 0.3) is 6.02 Å². The first kappa shape index (κ1) is 22.9. The number of Topliss-reactive ketones (excluding diaryl/α,β-unsaturated/α-hetero) is 1. The number of carbonyl (C=O) groups excluding carboxylic acids is 1. The van der Waals surface area contributed by atoms with Crippen molar-refractivity contribution >= 4 is 11.8 Å². The molecular weight excluding hydrogens is 434 g/mol. The van der Waals surface area contributed by atoms with Crippen LogP contribution in [0, 0.1) is 18.2 Å². The van der Waals surface area contributed by atoms with Crippen LogP contribution >= 0.6 is 0 Å². The summed E-state index contributed by atoms with van der Waals surface area (Å²) in [6.07, 6.45) is -0.583. The third-order valence-corrected chi connectivity index (χ3v) is 4.54. The molecule has 1 aliphatic rings. The lowest BCUT2D eigenvalue weighted by Crippen LogP contribution is -2.46. The molecule has 0 amide bonds. The maximum absolute atomic E-state index is 14.5. The summed E-state index contributed by atoms with van der Waals surface area (Å²) in [5.74, 6) is 0.994. The smallest absolute Gasteiger partial charge is 0.425 e. The molecule has 0 bridgehead atoms. The van der Waals surface area contributed by atoms with E-state index in [2.05, 4.69) is 30.6 Å². The number of pyridine rings is 1. The summed E-state index contributed by atoms with van der Waals surface area (Å²) < 4.78 is 63.7. The van der Waals surface area contributed by atoms with E-state index in [0.717, 1.165) is 6.07 Å². The van der Waals surface area contributed by atoms with E-state index in [9.17, 15) is 22.4 Å². The van der Waals surface area contributed by atoms with Gasteiger partial charge in [0.05, 0.1) is 18.8 Å². The van der Waals surface area contributed by atoms with E-state index in [4.69, 9.17) is 16.9 Å². The van der Waals surface area contributed by atoms with Gasteiger partial charge in [-0.25, -0.2) is 19.4 Å². The lowest BCUT2D eigenvalue weighted by atomic mass is 9.89. The second kappa shape index (κ2) is 8.78. The highest BCUT2D eigenvalue weighted by Gasteiger charge is 2.50. The van der Waals surface area contributed by atoms with Gasteiger partial charge in [-0.1, -0.05) is 5.92 Å². The van der Waals surface area contributed by atoms with Crippen molar-refractivity contribution in [1.29, 1.82) is 0 Å². The molecular formula is C20H17F4N5O3. The Morgan fingerprint density at radius 1 is 1.38 bits per heavy atom. The molecule has 0 spiro atoms. The van der Waals surface area contributed by atoms with Crippen LogP contribution in [0.15, 0.2) is 29.5 Å².